The molecular weight excluding hydrogens is 581 g/mol. The first-order valence-electron chi connectivity index (χ1n) is 10.9. The Bertz CT molecular complexity index is 1200. The van der Waals surface area contributed by atoms with Crippen LogP contribution in [0.4, 0.5) is 13.2 Å². The summed E-state index contributed by atoms with van der Waals surface area (Å²) in [6.07, 6.45) is 1.65. The first-order valence-corrected chi connectivity index (χ1v) is 15.0. The van der Waals surface area contributed by atoms with Crippen LogP contribution in [-0.2, 0) is 23.3 Å². The maximum absolute atomic E-state index is 15.1. The number of carbonyl (C=O) groups is 1. The van der Waals surface area contributed by atoms with E-state index in [1.54, 1.807) is 36.4 Å². The van der Waals surface area contributed by atoms with Gasteiger partial charge >= 0.3 is 21.3 Å². The molecule has 3 rings (SSSR count). The maximum atomic E-state index is 15.1. The third-order valence-electron chi connectivity index (χ3n) is 5.05. The standard InChI is InChI=1S/C25H24BrF3O5S2/c26-18-8-3-9-19-33-24(30)25(28,29)36(31,32)34-35(21-10-4-1-5-11-21,22-12-6-2-7-13-22)23-16-14-20(27)15-17-23/h1-2,4-7,10-17H,3,8-9,18-19H2. The van der Waals surface area contributed by atoms with Gasteiger partial charge in [-0.05, 0) is 78.1 Å². The SMILES string of the molecule is O=C(OCCCCCBr)C(F)(F)S(=O)(=O)OS(c1ccccc1)(c1ccccc1)c1ccc(F)cc1. The first kappa shape index (κ1) is 28.2. The van der Waals surface area contributed by atoms with Crippen molar-refractivity contribution in [2.24, 2.45) is 0 Å². The number of benzene rings is 3. The molecule has 5 nitrogen and oxygen atoms in total. The number of carbonyl (C=O) groups excluding carboxylic acids is 1. The van der Waals surface area contributed by atoms with Crippen molar-refractivity contribution in [3.05, 3.63) is 90.7 Å². The molecule has 0 aliphatic carbocycles. The Labute approximate surface area is 218 Å². The van der Waals surface area contributed by atoms with Gasteiger partial charge in [-0.25, -0.2) is 12.8 Å². The summed E-state index contributed by atoms with van der Waals surface area (Å²) in [6, 6.07) is 20.6. The Morgan fingerprint density at radius 3 is 1.78 bits per heavy atom. The number of halogens is 4. The van der Waals surface area contributed by atoms with Crippen molar-refractivity contribution in [3.63, 3.8) is 0 Å². The van der Waals surface area contributed by atoms with E-state index >= 15 is 8.78 Å². The average molecular weight is 605 g/mol. The molecule has 0 aliphatic rings. The van der Waals surface area contributed by atoms with E-state index in [-0.39, 0.29) is 21.3 Å². The summed E-state index contributed by atoms with van der Waals surface area (Å²) >= 11 is 3.24. The normalized spacial score (nSPS) is 12.8. The maximum Gasteiger partial charge on any atom is 0.466 e. The van der Waals surface area contributed by atoms with Crippen LogP contribution < -0.4 is 0 Å². The van der Waals surface area contributed by atoms with Crippen molar-refractivity contribution in [1.82, 2.24) is 0 Å². The third-order valence-corrected chi connectivity index (χ3v) is 10.7. The molecule has 36 heavy (non-hydrogen) atoms. The zero-order valence-corrected chi connectivity index (χ0v) is 22.2. The molecule has 0 saturated heterocycles. The van der Waals surface area contributed by atoms with Crippen LogP contribution in [0.3, 0.4) is 0 Å². The molecule has 3 aromatic rings. The summed E-state index contributed by atoms with van der Waals surface area (Å²) in [6.45, 7) is -0.357. The topological polar surface area (TPSA) is 69.7 Å². The second-order valence-corrected chi connectivity index (χ2v) is 12.8. The van der Waals surface area contributed by atoms with Crippen LogP contribution in [0.5, 0.6) is 0 Å². The second kappa shape index (κ2) is 12.3. The summed E-state index contributed by atoms with van der Waals surface area (Å²) in [5.74, 6) is -2.82. The van der Waals surface area contributed by atoms with Crippen LogP contribution in [0, 0.1) is 5.82 Å². The van der Waals surface area contributed by atoms with E-state index in [4.69, 9.17) is 3.63 Å². The molecule has 0 saturated carbocycles. The van der Waals surface area contributed by atoms with Gasteiger partial charge < -0.3 is 4.74 Å². The lowest BCUT2D eigenvalue weighted by molar-refractivity contribution is -0.161. The fourth-order valence-electron chi connectivity index (χ4n) is 3.28. The van der Waals surface area contributed by atoms with Gasteiger partial charge in [-0.15, -0.1) is 0 Å². The van der Waals surface area contributed by atoms with Crippen molar-refractivity contribution in [2.45, 2.75) is 39.2 Å². The number of rotatable bonds is 12. The lowest BCUT2D eigenvalue weighted by Gasteiger charge is -2.39. The minimum Gasteiger partial charge on any atom is -0.460 e. The molecular formula is C25H24BrF3O5S2. The average Bonchev–Trinajstić information content (AvgIpc) is 2.88. The highest BCUT2D eigenvalue weighted by Crippen LogP contribution is 2.70. The molecule has 0 atom stereocenters. The van der Waals surface area contributed by atoms with Gasteiger partial charge in [0.05, 0.1) is 6.61 Å². The van der Waals surface area contributed by atoms with E-state index in [0.29, 0.717) is 18.2 Å². The van der Waals surface area contributed by atoms with Crippen LogP contribution in [0.1, 0.15) is 19.3 Å². The second-order valence-electron chi connectivity index (χ2n) is 7.56. The number of hydrogen-bond donors (Lipinski definition) is 0. The fourth-order valence-corrected chi connectivity index (χ4v) is 8.71. The molecule has 0 fully saturated rings. The molecule has 0 aromatic heterocycles. The molecule has 0 bridgehead atoms. The molecule has 3 aromatic carbocycles. The van der Waals surface area contributed by atoms with Gasteiger partial charge in [-0.2, -0.15) is 17.2 Å². The number of ether oxygens (including phenoxy) is 1. The Kier molecular flexibility index (Phi) is 9.62. The van der Waals surface area contributed by atoms with E-state index in [9.17, 15) is 17.6 Å². The number of unbranched alkanes of at least 4 members (excludes halogenated alkanes) is 2. The predicted molar refractivity (Wildman–Crippen MR) is 135 cm³/mol. The van der Waals surface area contributed by atoms with Crippen molar-refractivity contribution < 1.29 is 34.7 Å². The smallest absolute Gasteiger partial charge is 0.460 e. The van der Waals surface area contributed by atoms with E-state index in [0.717, 1.165) is 18.6 Å². The van der Waals surface area contributed by atoms with E-state index in [2.05, 4.69) is 20.7 Å². The molecule has 0 aliphatic heterocycles. The van der Waals surface area contributed by atoms with Crippen molar-refractivity contribution in [1.29, 1.82) is 0 Å². The van der Waals surface area contributed by atoms with Crippen molar-refractivity contribution in [3.8, 4) is 0 Å². The molecule has 194 valence electrons. The molecule has 0 heterocycles. The first-order chi connectivity index (χ1) is 17.1. The highest BCUT2D eigenvalue weighted by Gasteiger charge is 2.58. The van der Waals surface area contributed by atoms with E-state index in [1.165, 1.54) is 36.4 Å². The third kappa shape index (κ3) is 6.13. The predicted octanol–water partition coefficient (Wildman–Crippen LogP) is 7.07. The Balaban J connectivity index is 2.10. The molecule has 0 N–H and O–H groups in total. The van der Waals surface area contributed by atoms with E-state index in [1.807, 2.05) is 0 Å². The molecule has 11 heteroatoms. The van der Waals surface area contributed by atoms with Gasteiger partial charge in [0.2, 0.25) is 0 Å². The summed E-state index contributed by atoms with van der Waals surface area (Å²) in [5, 5.41) is -4.28. The number of alkyl halides is 3. The molecule has 0 spiro atoms. The molecule has 0 amide bonds. The number of esters is 1. The largest absolute Gasteiger partial charge is 0.466 e. The van der Waals surface area contributed by atoms with Gasteiger partial charge in [-0.3, -0.25) is 0 Å². The van der Waals surface area contributed by atoms with Crippen LogP contribution >= 0.6 is 26.2 Å². The quantitative estimate of drug-likeness (QED) is 0.126. The Hall–Kier alpha value is -2.34. The van der Waals surface area contributed by atoms with Gasteiger partial charge in [0.15, 0.2) is 0 Å². The van der Waals surface area contributed by atoms with Gasteiger partial charge in [0, 0.05) is 20.0 Å². The highest BCUT2D eigenvalue weighted by atomic mass is 79.9. The Morgan fingerprint density at radius 2 is 1.28 bits per heavy atom. The Morgan fingerprint density at radius 1 is 0.778 bits per heavy atom. The summed E-state index contributed by atoms with van der Waals surface area (Å²) in [4.78, 5) is 12.9. The number of hydrogen-bond acceptors (Lipinski definition) is 5. The zero-order valence-electron chi connectivity index (χ0n) is 19.0. The van der Waals surface area contributed by atoms with Crippen molar-refractivity contribution >= 4 is 42.3 Å². The minimum atomic E-state index is -5.89. The zero-order chi connectivity index (χ0) is 26.2. The van der Waals surface area contributed by atoms with E-state index < -0.39 is 37.5 Å². The van der Waals surface area contributed by atoms with Gasteiger partial charge in [0.25, 0.3) is 0 Å². The lowest BCUT2D eigenvalue weighted by Crippen LogP contribution is -2.41. The van der Waals surface area contributed by atoms with Gasteiger partial charge in [-0.1, -0.05) is 52.3 Å². The fraction of sp³-hybridized carbons (Fsp3) is 0.240. The molecule has 0 radical (unpaired) electrons. The van der Waals surface area contributed by atoms with Crippen LogP contribution in [-0.4, -0.2) is 31.6 Å². The summed E-state index contributed by atoms with van der Waals surface area (Å²) in [5.41, 5.74) is 0. The van der Waals surface area contributed by atoms with Crippen LogP contribution in [0.15, 0.2) is 99.6 Å². The monoisotopic (exact) mass is 604 g/mol. The highest BCUT2D eigenvalue weighted by molar-refractivity contribution is 9.09. The lowest BCUT2D eigenvalue weighted by atomic mass is 10.3. The molecule has 0 unspecified atom stereocenters. The summed E-state index contributed by atoms with van der Waals surface area (Å²) in [7, 11) is -9.29. The summed E-state index contributed by atoms with van der Waals surface area (Å²) < 4.78 is 80.1. The van der Waals surface area contributed by atoms with Crippen molar-refractivity contribution in [2.75, 3.05) is 11.9 Å². The van der Waals surface area contributed by atoms with Gasteiger partial charge in [0.1, 0.15) is 5.82 Å². The van der Waals surface area contributed by atoms with Crippen LogP contribution in [0.25, 0.3) is 0 Å². The minimum absolute atomic E-state index is 0.142. The van der Waals surface area contributed by atoms with Crippen LogP contribution in [0.2, 0.25) is 0 Å².